The van der Waals surface area contributed by atoms with E-state index in [1.807, 2.05) is 0 Å². The summed E-state index contributed by atoms with van der Waals surface area (Å²) < 4.78 is 0. The van der Waals surface area contributed by atoms with Crippen molar-refractivity contribution in [1.82, 2.24) is 20.4 Å². The lowest BCUT2D eigenvalue weighted by molar-refractivity contribution is -0.136. The van der Waals surface area contributed by atoms with Crippen molar-refractivity contribution in [3.8, 4) is 0 Å². The van der Waals surface area contributed by atoms with Gasteiger partial charge in [0.1, 0.15) is 12.1 Å². The summed E-state index contributed by atoms with van der Waals surface area (Å²) in [6, 6.07) is -0.490. The van der Waals surface area contributed by atoms with Crippen molar-refractivity contribution in [2.75, 3.05) is 11.9 Å². The van der Waals surface area contributed by atoms with Crippen LogP contribution >= 0.6 is 0 Å². The maximum absolute atomic E-state index is 13.0. The fraction of sp³-hybridized carbons (Fsp3) is 0.667. The molecule has 1 aromatic heterocycles. The molecule has 1 spiro atoms. The Kier molecular flexibility index (Phi) is 4.32. The molecule has 1 saturated heterocycles. The Balaban J connectivity index is 1.74. The third-order valence-corrected chi connectivity index (χ3v) is 5.32. The first-order chi connectivity index (χ1) is 12.0. The van der Waals surface area contributed by atoms with Gasteiger partial charge in [-0.15, -0.1) is 0 Å². The van der Waals surface area contributed by atoms with Gasteiger partial charge < -0.3 is 10.6 Å². The van der Waals surface area contributed by atoms with Crippen LogP contribution in [-0.2, 0) is 9.59 Å². The molecule has 2 heterocycles. The van der Waals surface area contributed by atoms with E-state index in [1.54, 1.807) is 13.8 Å². The number of nitrogens with one attached hydrogen (secondary N) is 3. The molecular weight excluding hydrogens is 334 g/mol. The highest BCUT2D eigenvalue weighted by atomic mass is 16.2. The number of urea groups is 1. The molecule has 2 aliphatic rings. The Morgan fingerprint density at radius 3 is 2.58 bits per heavy atom. The van der Waals surface area contributed by atoms with Crippen molar-refractivity contribution in [3.05, 3.63) is 11.4 Å². The molecular formula is C18H27N5O3. The van der Waals surface area contributed by atoms with Gasteiger partial charge in [0.05, 0.1) is 17.1 Å². The number of hydrogen-bond donors (Lipinski definition) is 3. The van der Waals surface area contributed by atoms with Gasteiger partial charge in [-0.3, -0.25) is 19.6 Å². The standard InChI is InChI=1S/C18H27N5O3/c1-10-6-17(4,5)9-18(7-10)15(25)23(16(26)20-18)8-13(24)19-14-11(2)21-22-12(14)3/h10H,6-9H2,1-5H3,(H,19,24)(H,20,26)(H,21,22). The molecule has 2 atom stereocenters. The minimum Gasteiger partial charge on any atom is -0.323 e. The quantitative estimate of drug-likeness (QED) is 0.717. The highest BCUT2D eigenvalue weighted by Gasteiger charge is 2.56. The summed E-state index contributed by atoms with van der Waals surface area (Å²) in [5.74, 6) is -0.382. The first-order valence-corrected chi connectivity index (χ1v) is 8.98. The zero-order chi connectivity index (χ0) is 19.3. The smallest absolute Gasteiger partial charge is 0.323 e. The fourth-order valence-corrected chi connectivity index (χ4v) is 4.71. The molecule has 26 heavy (non-hydrogen) atoms. The fourth-order valence-electron chi connectivity index (χ4n) is 4.71. The number of carbonyl (C=O) groups is 3. The monoisotopic (exact) mass is 361 g/mol. The number of aromatic nitrogens is 2. The lowest BCUT2D eigenvalue weighted by atomic mass is 9.64. The van der Waals surface area contributed by atoms with Crippen LogP contribution in [0.5, 0.6) is 0 Å². The number of imide groups is 1. The molecule has 3 N–H and O–H groups in total. The number of aryl methyl sites for hydroxylation is 2. The summed E-state index contributed by atoms with van der Waals surface area (Å²) in [6.07, 6.45) is 2.21. The predicted octanol–water partition coefficient (Wildman–Crippen LogP) is 2.10. The van der Waals surface area contributed by atoms with E-state index in [0.29, 0.717) is 30.1 Å². The second-order valence-electron chi connectivity index (χ2n) is 8.62. The van der Waals surface area contributed by atoms with Gasteiger partial charge in [-0.05, 0) is 44.4 Å². The summed E-state index contributed by atoms with van der Waals surface area (Å²) in [4.78, 5) is 38.9. The Labute approximate surface area is 153 Å². The first-order valence-electron chi connectivity index (χ1n) is 8.98. The third-order valence-electron chi connectivity index (χ3n) is 5.32. The molecule has 1 aliphatic heterocycles. The average molecular weight is 361 g/mol. The molecule has 1 aromatic rings. The maximum Gasteiger partial charge on any atom is 0.325 e. The van der Waals surface area contributed by atoms with Crippen molar-refractivity contribution in [1.29, 1.82) is 0 Å². The van der Waals surface area contributed by atoms with Crippen molar-refractivity contribution >= 4 is 23.5 Å². The van der Waals surface area contributed by atoms with Gasteiger partial charge in [0.15, 0.2) is 0 Å². The molecule has 3 rings (SSSR count). The van der Waals surface area contributed by atoms with Crippen molar-refractivity contribution < 1.29 is 14.4 Å². The minimum atomic E-state index is -0.889. The van der Waals surface area contributed by atoms with Crippen molar-refractivity contribution in [2.24, 2.45) is 11.3 Å². The number of rotatable bonds is 3. The van der Waals surface area contributed by atoms with Crippen LogP contribution in [0, 0.1) is 25.2 Å². The van der Waals surface area contributed by atoms with Crippen molar-refractivity contribution in [2.45, 2.75) is 59.4 Å². The molecule has 8 heteroatoms. The Morgan fingerprint density at radius 2 is 2.00 bits per heavy atom. The molecule has 0 radical (unpaired) electrons. The van der Waals surface area contributed by atoms with E-state index >= 15 is 0 Å². The first kappa shape index (κ1) is 18.4. The Bertz CT molecular complexity index is 749. The minimum absolute atomic E-state index is 0.0378. The summed E-state index contributed by atoms with van der Waals surface area (Å²) in [7, 11) is 0. The number of carbonyl (C=O) groups excluding carboxylic acids is 3. The second kappa shape index (κ2) is 6.10. The summed E-state index contributed by atoms with van der Waals surface area (Å²) >= 11 is 0. The van der Waals surface area contributed by atoms with Gasteiger partial charge in [0.25, 0.3) is 5.91 Å². The van der Waals surface area contributed by atoms with Crippen LogP contribution in [0.2, 0.25) is 0 Å². The van der Waals surface area contributed by atoms with Crippen LogP contribution in [0.15, 0.2) is 0 Å². The molecule has 2 unspecified atom stereocenters. The average Bonchev–Trinajstić information content (AvgIpc) is 2.91. The highest BCUT2D eigenvalue weighted by molar-refractivity contribution is 6.10. The van der Waals surface area contributed by atoms with E-state index in [2.05, 4.69) is 41.6 Å². The summed E-state index contributed by atoms with van der Waals surface area (Å²) in [6.45, 7) is 9.59. The van der Waals surface area contributed by atoms with Crippen LogP contribution in [0.3, 0.4) is 0 Å². The SMILES string of the molecule is Cc1n[nH]c(C)c1NC(=O)CN1C(=O)NC2(CC(C)CC(C)(C)C2)C1=O. The number of hydrogen-bond acceptors (Lipinski definition) is 4. The van der Waals surface area contributed by atoms with E-state index in [4.69, 9.17) is 0 Å². The summed E-state index contributed by atoms with van der Waals surface area (Å²) in [5.41, 5.74) is 1.05. The molecule has 0 bridgehead atoms. The van der Waals surface area contributed by atoms with Gasteiger partial charge in [-0.25, -0.2) is 4.79 Å². The second-order valence-corrected chi connectivity index (χ2v) is 8.62. The number of anilines is 1. The lowest BCUT2D eigenvalue weighted by Crippen LogP contribution is -2.54. The van der Waals surface area contributed by atoms with Crippen LogP contribution in [-0.4, -0.2) is 45.0 Å². The Morgan fingerprint density at radius 1 is 1.31 bits per heavy atom. The van der Waals surface area contributed by atoms with Gasteiger partial charge in [0.2, 0.25) is 5.91 Å². The van der Waals surface area contributed by atoms with Gasteiger partial charge >= 0.3 is 6.03 Å². The lowest BCUT2D eigenvalue weighted by Gasteiger charge is -2.43. The zero-order valence-electron chi connectivity index (χ0n) is 16.0. The third kappa shape index (κ3) is 3.20. The van der Waals surface area contributed by atoms with Crippen LogP contribution < -0.4 is 10.6 Å². The van der Waals surface area contributed by atoms with Crippen molar-refractivity contribution in [3.63, 3.8) is 0 Å². The van der Waals surface area contributed by atoms with E-state index in [0.717, 1.165) is 17.0 Å². The number of H-pyrrole nitrogens is 1. The predicted molar refractivity (Wildman–Crippen MR) is 96.5 cm³/mol. The number of nitrogens with zero attached hydrogens (tertiary/aromatic N) is 2. The van der Waals surface area contributed by atoms with Crippen LogP contribution in [0.25, 0.3) is 0 Å². The maximum atomic E-state index is 13.0. The van der Waals surface area contributed by atoms with E-state index in [-0.39, 0.29) is 17.9 Å². The summed E-state index contributed by atoms with van der Waals surface area (Å²) in [5, 5.41) is 12.4. The molecule has 2 fully saturated rings. The van der Waals surface area contributed by atoms with E-state index in [1.165, 1.54) is 0 Å². The topological polar surface area (TPSA) is 107 Å². The van der Waals surface area contributed by atoms with Gasteiger partial charge in [-0.1, -0.05) is 20.8 Å². The van der Waals surface area contributed by atoms with Crippen LogP contribution in [0.1, 0.15) is 51.4 Å². The molecule has 1 aliphatic carbocycles. The molecule has 0 aromatic carbocycles. The molecule has 1 saturated carbocycles. The van der Waals surface area contributed by atoms with E-state index in [9.17, 15) is 14.4 Å². The molecule has 4 amide bonds. The largest absolute Gasteiger partial charge is 0.325 e. The number of aromatic amines is 1. The van der Waals surface area contributed by atoms with E-state index < -0.39 is 17.5 Å². The molecule has 142 valence electrons. The normalized spacial score (nSPS) is 27.7. The zero-order valence-corrected chi connectivity index (χ0v) is 16.0. The van der Waals surface area contributed by atoms with Gasteiger partial charge in [0, 0.05) is 0 Å². The molecule has 8 nitrogen and oxygen atoms in total. The highest BCUT2D eigenvalue weighted by Crippen LogP contribution is 2.46. The van der Waals surface area contributed by atoms with Gasteiger partial charge in [-0.2, -0.15) is 5.10 Å². The number of amides is 4. The Hall–Kier alpha value is -2.38. The van der Waals surface area contributed by atoms with Crippen LogP contribution in [0.4, 0.5) is 10.5 Å².